The number of rotatable bonds is 5. The van der Waals surface area contributed by atoms with Crippen molar-refractivity contribution in [3.63, 3.8) is 0 Å². The third kappa shape index (κ3) is 3.24. The Morgan fingerprint density at radius 1 is 1.26 bits per heavy atom. The summed E-state index contributed by atoms with van der Waals surface area (Å²) in [6.07, 6.45) is 1.11. The largest absolute Gasteiger partial charge is 0.504 e. The van der Waals surface area contributed by atoms with Crippen molar-refractivity contribution in [2.24, 2.45) is 0 Å². The molecule has 102 valence electrons. The zero-order chi connectivity index (χ0) is 13.8. The summed E-state index contributed by atoms with van der Waals surface area (Å²) in [7, 11) is 0. The number of aryl methyl sites for hydroxylation is 1. The van der Waals surface area contributed by atoms with Gasteiger partial charge < -0.3 is 15.5 Å². The molecule has 5 heteroatoms. The Labute approximate surface area is 116 Å². The first-order valence-electron chi connectivity index (χ1n) is 6.31. The van der Waals surface area contributed by atoms with Crippen molar-refractivity contribution >= 4 is 11.3 Å². The highest BCUT2D eigenvalue weighted by Crippen LogP contribution is 2.33. The van der Waals surface area contributed by atoms with Gasteiger partial charge in [0.05, 0.1) is 5.69 Å². The van der Waals surface area contributed by atoms with Crippen LogP contribution in [0.3, 0.4) is 0 Å². The minimum Gasteiger partial charge on any atom is -0.504 e. The number of benzene rings is 1. The first-order valence-corrected chi connectivity index (χ1v) is 7.12. The van der Waals surface area contributed by atoms with Crippen LogP contribution in [-0.2, 0) is 6.54 Å². The molecule has 0 saturated carbocycles. The normalized spacial score (nSPS) is 10.8. The zero-order valence-electron chi connectivity index (χ0n) is 11.1. The minimum atomic E-state index is -0.115. The Morgan fingerprint density at radius 3 is 2.74 bits per heavy atom. The lowest BCUT2D eigenvalue weighted by molar-refractivity contribution is 0.404. The summed E-state index contributed by atoms with van der Waals surface area (Å²) in [5.41, 5.74) is 1.83. The second kappa shape index (κ2) is 6.04. The summed E-state index contributed by atoms with van der Waals surface area (Å²) >= 11 is 1.61. The molecule has 0 unspecified atom stereocenters. The molecule has 0 spiro atoms. The van der Waals surface area contributed by atoms with E-state index in [0.717, 1.165) is 35.8 Å². The second-order valence-corrected chi connectivity index (χ2v) is 5.49. The van der Waals surface area contributed by atoms with Crippen molar-refractivity contribution in [3.05, 3.63) is 28.8 Å². The van der Waals surface area contributed by atoms with E-state index in [1.165, 1.54) is 17.0 Å². The van der Waals surface area contributed by atoms with Crippen LogP contribution in [0.4, 0.5) is 0 Å². The fourth-order valence-electron chi connectivity index (χ4n) is 1.75. The van der Waals surface area contributed by atoms with E-state index < -0.39 is 0 Å². The molecule has 19 heavy (non-hydrogen) atoms. The molecule has 0 aliphatic rings. The van der Waals surface area contributed by atoms with E-state index in [1.807, 2.05) is 6.92 Å². The molecule has 0 fully saturated rings. The average Bonchev–Trinajstić information content (AvgIpc) is 2.75. The molecule has 0 aliphatic heterocycles. The molecule has 1 aromatic heterocycles. The predicted octanol–water partition coefficient (Wildman–Crippen LogP) is 3.03. The Hall–Kier alpha value is -1.59. The molecule has 0 amide bonds. The molecule has 4 nitrogen and oxygen atoms in total. The Morgan fingerprint density at radius 2 is 2.05 bits per heavy atom. The maximum absolute atomic E-state index is 9.53. The van der Waals surface area contributed by atoms with Crippen LogP contribution in [0.1, 0.15) is 23.9 Å². The molecule has 3 N–H and O–H groups in total. The van der Waals surface area contributed by atoms with E-state index in [2.05, 4.69) is 17.2 Å². The summed E-state index contributed by atoms with van der Waals surface area (Å²) in [5, 5.41) is 23.1. The van der Waals surface area contributed by atoms with Gasteiger partial charge in [-0.15, -0.1) is 11.3 Å². The molecule has 0 atom stereocenters. The predicted molar refractivity (Wildman–Crippen MR) is 77.6 cm³/mol. The number of phenolic OH excluding ortho intramolecular Hbond substituents is 2. The summed E-state index contributed by atoms with van der Waals surface area (Å²) in [6.45, 7) is 5.94. The first-order chi connectivity index (χ1) is 9.11. The van der Waals surface area contributed by atoms with Crippen molar-refractivity contribution in [3.8, 4) is 22.1 Å². The van der Waals surface area contributed by atoms with Gasteiger partial charge in [0.1, 0.15) is 5.01 Å². The van der Waals surface area contributed by atoms with Gasteiger partial charge in [-0.25, -0.2) is 4.98 Å². The van der Waals surface area contributed by atoms with Gasteiger partial charge >= 0.3 is 0 Å². The van der Waals surface area contributed by atoms with Gasteiger partial charge in [0.15, 0.2) is 11.5 Å². The Balaban J connectivity index is 2.21. The van der Waals surface area contributed by atoms with E-state index in [1.54, 1.807) is 17.4 Å². The van der Waals surface area contributed by atoms with Crippen molar-refractivity contribution in [1.82, 2.24) is 10.3 Å². The number of hydrogen-bond donors (Lipinski definition) is 3. The van der Waals surface area contributed by atoms with Crippen LogP contribution in [0.2, 0.25) is 0 Å². The maximum atomic E-state index is 9.53. The Bertz CT molecular complexity index is 567. The maximum Gasteiger partial charge on any atom is 0.158 e. The van der Waals surface area contributed by atoms with E-state index in [9.17, 15) is 10.2 Å². The van der Waals surface area contributed by atoms with E-state index in [0.29, 0.717) is 0 Å². The number of aromatic hydroxyl groups is 2. The number of hydrogen-bond acceptors (Lipinski definition) is 5. The smallest absolute Gasteiger partial charge is 0.158 e. The van der Waals surface area contributed by atoms with Crippen LogP contribution >= 0.6 is 11.3 Å². The quantitative estimate of drug-likeness (QED) is 0.581. The van der Waals surface area contributed by atoms with Crippen molar-refractivity contribution in [1.29, 1.82) is 0 Å². The van der Waals surface area contributed by atoms with Crippen LogP contribution in [0, 0.1) is 6.92 Å². The van der Waals surface area contributed by atoms with Gasteiger partial charge in [0.2, 0.25) is 0 Å². The fourth-order valence-corrected chi connectivity index (χ4v) is 2.78. The van der Waals surface area contributed by atoms with Gasteiger partial charge in [-0.05, 0) is 38.1 Å². The number of nitrogens with one attached hydrogen (secondary N) is 1. The standard InChI is InChI=1S/C14H18N2O2S/c1-3-6-15-8-13-9(2)16-14(19-13)10-4-5-11(17)12(18)7-10/h4-5,7,15,17-18H,3,6,8H2,1-2H3. The van der Waals surface area contributed by atoms with Crippen molar-refractivity contribution < 1.29 is 10.2 Å². The lowest BCUT2D eigenvalue weighted by atomic mass is 10.2. The van der Waals surface area contributed by atoms with Gasteiger partial charge in [-0.3, -0.25) is 0 Å². The van der Waals surface area contributed by atoms with Crippen LogP contribution in [0.5, 0.6) is 11.5 Å². The molecule has 1 aromatic carbocycles. The number of phenols is 2. The highest BCUT2D eigenvalue weighted by atomic mass is 32.1. The highest BCUT2D eigenvalue weighted by Gasteiger charge is 2.10. The molecule has 2 rings (SSSR count). The lowest BCUT2D eigenvalue weighted by Gasteiger charge is -2.00. The molecule has 0 aliphatic carbocycles. The molecular formula is C14H18N2O2S. The van der Waals surface area contributed by atoms with Gasteiger partial charge in [-0.1, -0.05) is 6.92 Å². The number of thiazole rings is 1. The summed E-state index contributed by atoms with van der Waals surface area (Å²) in [5.74, 6) is -0.224. The third-order valence-corrected chi connectivity index (χ3v) is 4.03. The van der Waals surface area contributed by atoms with Crippen molar-refractivity contribution in [2.75, 3.05) is 6.54 Å². The second-order valence-electron chi connectivity index (χ2n) is 4.41. The topological polar surface area (TPSA) is 65.4 Å². The number of nitrogens with zero attached hydrogens (tertiary/aromatic N) is 1. The molecule has 1 heterocycles. The average molecular weight is 278 g/mol. The van der Waals surface area contributed by atoms with E-state index >= 15 is 0 Å². The molecule has 0 saturated heterocycles. The lowest BCUT2D eigenvalue weighted by Crippen LogP contribution is -2.13. The number of aromatic nitrogens is 1. The summed E-state index contributed by atoms with van der Waals surface area (Å²) in [6, 6.07) is 4.78. The summed E-state index contributed by atoms with van der Waals surface area (Å²) in [4.78, 5) is 5.72. The molecule has 2 aromatic rings. The Kier molecular flexibility index (Phi) is 4.39. The third-order valence-electron chi connectivity index (χ3n) is 2.83. The van der Waals surface area contributed by atoms with Crippen LogP contribution in [0.15, 0.2) is 18.2 Å². The SMILES string of the molecule is CCCNCc1sc(-c2ccc(O)c(O)c2)nc1C. The first kappa shape index (κ1) is 13.8. The zero-order valence-corrected chi connectivity index (χ0v) is 11.9. The van der Waals surface area contributed by atoms with E-state index in [-0.39, 0.29) is 11.5 Å². The van der Waals surface area contributed by atoms with Crippen LogP contribution in [-0.4, -0.2) is 21.7 Å². The van der Waals surface area contributed by atoms with Crippen molar-refractivity contribution in [2.45, 2.75) is 26.8 Å². The highest BCUT2D eigenvalue weighted by molar-refractivity contribution is 7.15. The van der Waals surface area contributed by atoms with Crippen LogP contribution < -0.4 is 5.32 Å². The molecule has 0 bridgehead atoms. The van der Waals surface area contributed by atoms with Gasteiger partial charge in [0.25, 0.3) is 0 Å². The summed E-state index contributed by atoms with van der Waals surface area (Å²) < 4.78 is 0. The van der Waals surface area contributed by atoms with Gasteiger partial charge in [0, 0.05) is 17.0 Å². The monoisotopic (exact) mass is 278 g/mol. The molecular weight excluding hydrogens is 260 g/mol. The van der Waals surface area contributed by atoms with Gasteiger partial charge in [-0.2, -0.15) is 0 Å². The minimum absolute atomic E-state index is 0.109. The van der Waals surface area contributed by atoms with Crippen LogP contribution in [0.25, 0.3) is 10.6 Å². The molecule has 0 radical (unpaired) electrons. The fraction of sp³-hybridized carbons (Fsp3) is 0.357. The van der Waals surface area contributed by atoms with E-state index in [4.69, 9.17) is 0 Å².